The number of hydrogen-bond acceptors (Lipinski definition) is 6. The second kappa shape index (κ2) is 10.0. The van der Waals surface area contributed by atoms with E-state index in [0.717, 1.165) is 12.1 Å². The number of nitrogens with zero attached hydrogens (tertiary/aromatic N) is 1. The molecule has 8 nitrogen and oxygen atoms in total. The topological polar surface area (TPSA) is 108 Å². The zero-order chi connectivity index (χ0) is 22.5. The van der Waals surface area contributed by atoms with Gasteiger partial charge in [0.05, 0.1) is 24.7 Å². The molecule has 1 saturated carbocycles. The number of rotatable bonds is 9. The molecular weight excluding hydrogens is 412 g/mol. The smallest absolute Gasteiger partial charge is 0.407 e. The average Bonchev–Trinajstić information content (AvgIpc) is 2.65. The fourth-order valence-corrected chi connectivity index (χ4v) is 3.96. The van der Waals surface area contributed by atoms with Crippen LogP contribution in [0.2, 0.25) is 0 Å². The summed E-state index contributed by atoms with van der Waals surface area (Å²) in [5.74, 6) is -3.36. The van der Waals surface area contributed by atoms with Crippen molar-refractivity contribution in [3.63, 3.8) is 0 Å². The molecule has 3 amide bonds. The van der Waals surface area contributed by atoms with E-state index in [1.807, 2.05) is 5.32 Å². The Morgan fingerprint density at radius 2 is 1.94 bits per heavy atom. The third-order valence-corrected chi connectivity index (χ3v) is 5.74. The molecule has 3 rings (SSSR count). The van der Waals surface area contributed by atoms with Crippen molar-refractivity contribution < 1.29 is 33.0 Å². The lowest BCUT2D eigenvalue weighted by Gasteiger charge is -2.41. The lowest BCUT2D eigenvalue weighted by atomic mass is 9.83. The normalized spacial score (nSPS) is 21.5. The maximum atomic E-state index is 14.7. The molecule has 1 unspecified atom stereocenters. The Balaban J connectivity index is 1.55. The number of halogens is 2. The van der Waals surface area contributed by atoms with Gasteiger partial charge in [-0.3, -0.25) is 14.9 Å². The SMILES string of the molecule is CCCC(C(=O)NC=O)c1c(F)cc(N2CC(NC(=O)OCC3CC(O)C3)C2)cc1F. The molecule has 170 valence electrons. The molecule has 1 aliphatic carbocycles. The molecule has 3 N–H and O–H groups in total. The summed E-state index contributed by atoms with van der Waals surface area (Å²) in [6.07, 6.45) is 1.31. The van der Waals surface area contributed by atoms with Crippen LogP contribution in [-0.4, -0.2) is 55.4 Å². The van der Waals surface area contributed by atoms with Crippen LogP contribution in [0.1, 0.15) is 44.1 Å². The van der Waals surface area contributed by atoms with Crippen LogP contribution in [0.3, 0.4) is 0 Å². The summed E-state index contributed by atoms with van der Waals surface area (Å²) >= 11 is 0. The van der Waals surface area contributed by atoms with Crippen LogP contribution in [0, 0.1) is 17.6 Å². The second-order valence-electron chi connectivity index (χ2n) is 8.13. The van der Waals surface area contributed by atoms with Gasteiger partial charge in [0.1, 0.15) is 11.6 Å². The number of benzene rings is 1. The summed E-state index contributed by atoms with van der Waals surface area (Å²) < 4.78 is 34.6. The van der Waals surface area contributed by atoms with Crippen LogP contribution in [-0.2, 0) is 14.3 Å². The molecule has 2 aliphatic rings. The number of aliphatic hydroxyl groups is 1. The lowest BCUT2D eigenvalue weighted by Crippen LogP contribution is -2.59. The highest BCUT2D eigenvalue weighted by Crippen LogP contribution is 2.32. The molecule has 1 aliphatic heterocycles. The van der Waals surface area contributed by atoms with Crippen LogP contribution < -0.4 is 15.5 Å². The Morgan fingerprint density at radius 1 is 1.29 bits per heavy atom. The summed E-state index contributed by atoms with van der Waals surface area (Å²) in [6.45, 7) is 2.76. The first kappa shape index (κ1) is 22.9. The molecule has 1 saturated heterocycles. The zero-order valence-corrected chi connectivity index (χ0v) is 17.3. The Kier molecular flexibility index (Phi) is 7.42. The molecule has 31 heavy (non-hydrogen) atoms. The number of alkyl carbamates (subject to hydrolysis) is 1. The third-order valence-electron chi connectivity index (χ3n) is 5.74. The first-order valence-corrected chi connectivity index (χ1v) is 10.4. The number of nitrogens with one attached hydrogen (secondary N) is 2. The molecule has 2 fully saturated rings. The molecule has 1 aromatic rings. The molecule has 10 heteroatoms. The van der Waals surface area contributed by atoms with Gasteiger partial charge in [-0.05, 0) is 37.3 Å². The summed E-state index contributed by atoms with van der Waals surface area (Å²) in [4.78, 5) is 36.1. The minimum Gasteiger partial charge on any atom is -0.449 e. The molecule has 0 aromatic heterocycles. The van der Waals surface area contributed by atoms with Crippen molar-refractivity contribution in [2.45, 2.75) is 50.7 Å². The van der Waals surface area contributed by atoms with Crippen molar-refractivity contribution in [3.05, 3.63) is 29.3 Å². The van der Waals surface area contributed by atoms with Gasteiger partial charge in [0, 0.05) is 24.3 Å². The Labute approximate surface area is 178 Å². The Hall–Kier alpha value is -2.75. The van der Waals surface area contributed by atoms with E-state index in [4.69, 9.17) is 4.74 Å². The predicted octanol–water partition coefficient (Wildman–Crippen LogP) is 1.81. The summed E-state index contributed by atoms with van der Waals surface area (Å²) in [5.41, 5.74) is -0.0514. The first-order chi connectivity index (χ1) is 14.8. The van der Waals surface area contributed by atoms with Crippen molar-refractivity contribution in [1.82, 2.24) is 10.6 Å². The van der Waals surface area contributed by atoms with Crippen LogP contribution in [0.4, 0.5) is 19.3 Å². The number of hydrogen-bond donors (Lipinski definition) is 3. The Morgan fingerprint density at radius 3 is 2.48 bits per heavy atom. The van der Waals surface area contributed by atoms with Gasteiger partial charge in [0.15, 0.2) is 0 Å². The van der Waals surface area contributed by atoms with Gasteiger partial charge < -0.3 is 20.1 Å². The van der Waals surface area contributed by atoms with Crippen LogP contribution in [0.25, 0.3) is 0 Å². The maximum absolute atomic E-state index is 14.7. The van der Waals surface area contributed by atoms with Crippen LogP contribution >= 0.6 is 0 Å². The highest BCUT2D eigenvalue weighted by molar-refractivity contribution is 5.91. The van der Waals surface area contributed by atoms with Crippen molar-refractivity contribution in [2.24, 2.45) is 5.92 Å². The average molecular weight is 439 g/mol. The van der Waals surface area contributed by atoms with Gasteiger partial charge in [0.25, 0.3) is 0 Å². The van der Waals surface area contributed by atoms with Crippen LogP contribution in [0.5, 0.6) is 0 Å². The van der Waals surface area contributed by atoms with E-state index in [2.05, 4.69) is 5.32 Å². The summed E-state index contributed by atoms with van der Waals surface area (Å²) in [7, 11) is 0. The van der Waals surface area contributed by atoms with Crippen molar-refractivity contribution >= 4 is 24.1 Å². The number of anilines is 1. The minimum absolute atomic E-state index is 0.188. The molecular formula is C21H27F2N3O5. The number of amides is 3. The maximum Gasteiger partial charge on any atom is 0.407 e. The van der Waals surface area contributed by atoms with E-state index in [1.165, 1.54) is 0 Å². The minimum atomic E-state index is -1.10. The van der Waals surface area contributed by atoms with Crippen molar-refractivity contribution in [2.75, 3.05) is 24.6 Å². The summed E-state index contributed by atoms with van der Waals surface area (Å²) in [5, 5.41) is 13.9. The fraction of sp³-hybridized carbons (Fsp3) is 0.571. The molecule has 1 aromatic carbocycles. The van der Waals surface area contributed by atoms with Gasteiger partial charge in [0.2, 0.25) is 12.3 Å². The molecule has 0 radical (unpaired) electrons. The zero-order valence-electron chi connectivity index (χ0n) is 17.3. The van der Waals surface area contributed by atoms with E-state index < -0.39 is 29.6 Å². The molecule has 0 bridgehead atoms. The monoisotopic (exact) mass is 439 g/mol. The molecule has 1 atom stereocenters. The second-order valence-corrected chi connectivity index (χ2v) is 8.13. The quantitative estimate of drug-likeness (QED) is 0.507. The first-order valence-electron chi connectivity index (χ1n) is 10.4. The van der Waals surface area contributed by atoms with Crippen molar-refractivity contribution in [3.8, 4) is 0 Å². The van der Waals surface area contributed by atoms with E-state index in [-0.39, 0.29) is 43.1 Å². The van der Waals surface area contributed by atoms with Gasteiger partial charge in [-0.2, -0.15) is 0 Å². The lowest BCUT2D eigenvalue weighted by molar-refractivity contribution is -0.126. The van der Waals surface area contributed by atoms with Crippen LogP contribution in [0.15, 0.2) is 12.1 Å². The van der Waals surface area contributed by atoms with Crippen molar-refractivity contribution in [1.29, 1.82) is 0 Å². The number of ether oxygens (including phenoxy) is 1. The standard InChI is InChI=1S/C21H27F2N3O5/c1-2-3-16(20(29)24-11-27)19-17(22)6-14(7-18(19)23)26-8-13(9-26)25-21(30)31-10-12-4-15(28)5-12/h6-7,11-13,15-16,28H,2-5,8-10H2,1H3,(H,25,30)(H,24,27,29). The largest absolute Gasteiger partial charge is 0.449 e. The highest BCUT2D eigenvalue weighted by Gasteiger charge is 2.33. The van der Waals surface area contributed by atoms with Gasteiger partial charge >= 0.3 is 6.09 Å². The Bertz CT molecular complexity index is 802. The van der Waals surface area contributed by atoms with Gasteiger partial charge in [-0.1, -0.05) is 13.3 Å². The molecule has 0 spiro atoms. The van der Waals surface area contributed by atoms with E-state index in [1.54, 1.807) is 11.8 Å². The predicted molar refractivity (Wildman–Crippen MR) is 107 cm³/mol. The van der Waals surface area contributed by atoms with Gasteiger partial charge in [-0.25, -0.2) is 13.6 Å². The molecule has 1 heterocycles. The fourth-order valence-electron chi connectivity index (χ4n) is 3.96. The van der Waals surface area contributed by atoms with Gasteiger partial charge in [-0.15, -0.1) is 0 Å². The van der Waals surface area contributed by atoms with E-state index in [9.17, 15) is 28.3 Å². The number of aliphatic hydroxyl groups excluding tert-OH is 1. The number of imide groups is 1. The number of carbonyl (C=O) groups excluding carboxylic acids is 3. The highest BCUT2D eigenvalue weighted by atomic mass is 19.1. The van der Waals surface area contributed by atoms with E-state index >= 15 is 0 Å². The third kappa shape index (κ3) is 5.49. The summed E-state index contributed by atoms with van der Waals surface area (Å²) in [6, 6.07) is 2.11. The van der Waals surface area contributed by atoms with E-state index in [0.29, 0.717) is 38.0 Å². The number of carbonyl (C=O) groups is 3.